The Morgan fingerprint density at radius 1 is 1.83 bits per heavy atom. The van der Waals surface area contributed by atoms with Crippen LogP contribution in [-0.2, 0) is 11.8 Å². The molecule has 66 valence electrons. The van der Waals surface area contributed by atoms with Crippen molar-refractivity contribution >= 4 is 11.7 Å². The fourth-order valence-electron chi connectivity index (χ4n) is 0.722. The summed E-state index contributed by atoms with van der Waals surface area (Å²) in [6.07, 6.45) is 1.75. The molecule has 1 unspecified atom stereocenters. The molecule has 0 aliphatic carbocycles. The summed E-state index contributed by atoms with van der Waals surface area (Å²) in [4.78, 5) is 11.0. The van der Waals surface area contributed by atoms with Gasteiger partial charge in [0.15, 0.2) is 5.82 Å². The molecule has 0 fully saturated rings. The lowest BCUT2D eigenvalue weighted by Crippen LogP contribution is -2.32. The zero-order valence-electron chi connectivity index (χ0n) is 7.11. The van der Waals surface area contributed by atoms with Gasteiger partial charge in [-0.2, -0.15) is 5.10 Å². The fraction of sp³-hybridized carbons (Fsp3) is 0.429. The standard InChI is InChI=1S/C7H12N4O/c1-5(8)7(12)9-6-3-4-11(2)10-6/h3-5H,8H2,1-2H3,(H,9,10,12). The number of hydrogen-bond donors (Lipinski definition) is 2. The van der Waals surface area contributed by atoms with E-state index in [1.54, 1.807) is 30.9 Å². The van der Waals surface area contributed by atoms with Gasteiger partial charge in [-0.15, -0.1) is 0 Å². The lowest BCUT2D eigenvalue weighted by molar-refractivity contribution is -0.117. The van der Waals surface area contributed by atoms with Crippen molar-refractivity contribution in [2.45, 2.75) is 13.0 Å². The van der Waals surface area contributed by atoms with Gasteiger partial charge in [0.05, 0.1) is 6.04 Å². The van der Waals surface area contributed by atoms with E-state index < -0.39 is 6.04 Å². The fourth-order valence-corrected chi connectivity index (χ4v) is 0.722. The molecule has 5 heteroatoms. The van der Waals surface area contributed by atoms with E-state index in [1.807, 2.05) is 0 Å². The molecule has 1 aromatic rings. The molecule has 0 aliphatic rings. The van der Waals surface area contributed by atoms with Crippen LogP contribution in [0.2, 0.25) is 0 Å². The highest BCUT2D eigenvalue weighted by molar-refractivity contribution is 5.93. The molecule has 12 heavy (non-hydrogen) atoms. The first kappa shape index (κ1) is 8.73. The van der Waals surface area contributed by atoms with Gasteiger partial charge in [0.1, 0.15) is 0 Å². The van der Waals surface area contributed by atoms with Crippen molar-refractivity contribution in [3.05, 3.63) is 12.3 Å². The van der Waals surface area contributed by atoms with Crippen LogP contribution < -0.4 is 11.1 Å². The number of anilines is 1. The zero-order valence-corrected chi connectivity index (χ0v) is 7.11. The number of nitrogens with one attached hydrogen (secondary N) is 1. The van der Waals surface area contributed by atoms with Crippen LogP contribution in [0.5, 0.6) is 0 Å². The number of rotatable bonds is 2. The van der Waals surface area contributed by atoms with E-state index in [0.29, 0.717) is 5.82 Å². The maximum absolute atomic E-state index is 11.0. The van der Waals surface area contributed by atoms with E-state index in [0.717, 1.165) is 0 Å². The Bertz CT molecular complexity index is 279. The normalized spacial score (nSPS) is 12.6. The second-order valence-electron chi connectivity index (χ2n) is 2.65. The molecule has 0 aliphatic heterocycles. The van der Waals surface area contributed by atoms with E-state index in [-0.39, 0.29) is 5.91 Å². The lowest BCUT2D eigenvalue weighted by atomic mass is 10.3. The van der Waals surface area contributed by atoms with E-state index in [9.17, 15) is 4.79 Å². The maximum Gasteiger partial charge on any atom is 0.242 e. The van der Waals surface area contributed by atoms with Crippen molar-refractivity contribution in [3.8, 4) is 0 Å². The molecule has 1 aromatic heterocycles. The highest BCUT2D eigenvalue weighted by atomic mass is 16.2. The number of aromatic nitrogens is 2. The van der Waals surface area contributed by atoms with Crippen LogP contribution in [0.1, 0.15) is 6.92 Å². The predicted molar refractivity (Wildman–Crippen MR) is 45.5 cm³/mol. The quantitative estimate of drug-likeness (QED) is 0.637. The van der Waals surface area contributed by atoms with E-state index in [1.165, 1.54) is 0 Å². The van der Waals surface area contributed by atoms with Gasteiger partial charge in [-0.1, -0.05) is 0 Å². The Kier molecular flexibility index (Phi) is 2.44. The Labute approximate surface area is 70.5 Å². The third-order valence-corrected chi connectivity index (χ3v) is 1.38. The molecular formula is C7H12N4O. The Morgan fingerprint density at radius 2 is 2.50 bits per heavy atom. The van der Waals surface area contributed by atoms with Crippen LogP contribution in [-0.4, -0.2) is 21.7 Å². The average Bonchev–Trinajstić information content (AvgIpc) is 2.35. The van der Waals surface area contributed by atoms with E-state index in [2.05, 4.69) is 10.4 Å². The van der Waals surface area contributed by atoms with Crippen molar-refractivity contribution < 1.29 is 4.79 Å². The van der Waals surface area contributed by atoms with Crippen molar-refractivity contribution in [3.63, 3.8) is 0 Å². The smallest absolute Gasteiger partial charge is 0.242 e. The van der Waals surface area contributed by atoms with Crippen molar-refractivity contribution in [2.24, 2.45) is 12.8 Å². The summed E-state index contributed by atoms with van der Waals surface area (Å²) in [5.41, 5.74) is 5.34. The number of nitrogens with two attached hydrogens (primary N) is 1. The summed E-state index contributed by atoms with van der Waals surface area (Å²) in [5.74, 6) is 0.300. The highest BCUT2D eigenvalue weighted by Gasteiger charge is 2.07. The van der Waals surface area contributed by atoms with Crippen molar-refractivity contribution in [2.75, 3.05) is 5.32 Å². The largest absolute Gasteiger partial charge is 0.320 e. The topological polar surface area (TPSA) is 72.9 Å². The summed E-state index contributed by atoms with van der Waals surface area (Å²) in [7, 11) is 1.78. The van der Waals surface area contributed by atoms with Crippen LogP contribution in [0.4, 0.5) is 5.82 Å². The third kappa shape index (κ3) is 2.06. The first-order valence-corrected chi connectivity index (χ1v) is 3.65. The molecule has 0 spiro atoms. The van der Waals surface area contributed by atoms with Gasteiger partial charge in [0, 0.05) is 19.3 Å². The maximum atomic E-state index is 11.0. The Morgan fingerprint density at radius 3 is 2.92 bits per heavy atom. The molecule has 1 amide bonds. The van der Waals surface area contributed by atoms with Crippen LogP contribution >= 0.6 is 0 Å². The van der Waals surface area contributed by atoms with E-state index in [4.69, 9.17) is 5.73 Å². The highest BCUT2D eigenvalue weighted by Crippen LogP contribution is 2.00. The van der Waals surface area contributed by atoms with Crippen molar-refractivity contribution in [1.29, 1.82) is 0 Å². The molecule has 5 nitrogen and oxygen atoms in total. The van der Waals surface area contributed by atoms with Gasteiger partial charge in [0.25, 0.3) is 0 Å². The molecule has 1 atom stereocenters. The molecular weight excluding hydrogens is 156 g/mol. The summed E-state index contributed by atoms with van der Waals surface area (Å²) < 4.78 is 1.61. The molecule has 1 heterocycles. The number of carbonyl (C=O) groups is 1. The van der Waals surface area contributed by atoms with Gasteiger partial charge in [-0.3, -0.25) is 9.48 Å². The molecule has 0 saturated heterocycles. The minimum absolute atomic E-state index is 0.228. The summed E-state index contributed by atoms with van der Waals surface area (Å²) in [6, 6.07) is 1.20. The summed E-state index contributed by atoms with van der Waals surface area (Å²) in [6.45, 7) is 1.62. The SMILES string of the molecule is CC(N)C(=O)Nc1ccn(C)n1. The third-order valence-electron chi connectivity index (χ3n) is 1.38. The number of aryl methyl sites for hydroxylation is 1. The molecule has 1 rings (SSSR count). The minimum atomic E-state index is -0.507. The van der Waals surface area contributed by atoms with Gasteiger partial charge in [-0.05, 0) is 6.92 Å². The lowest BCUT2D eigenvalue weighted by Gasteiger charge is -2.03. The molecule has 0 saturated carbocycles. The summed E-state index contributed by atoms with van der Waals surface area (Å²) in [5, 5.41) is 6.53. The Balaban J connectivity index is 2.58. The number of hydrogen-bond acceptors (Lipinski definition) is 3. The minimum Gasteiger partial charge on any atom is -0.320 e. The number of nitrogens with zero attached hydrogens (tertiary/aromatic N) is 2. The molecule has 0 aromatic carbocycles. The average molecular weight is 168 g/mol. The molecule has 0 radical (unpaired) electrons. The second kappa shape index (κ2) is 3.36. The first-order chi connectivity index (χ1) is 5.59. The molecule has 3 N–H and O–H groups in total. The first-order valence-electron chi connectivity index (χ1n) is 3.65. The van der Waals surface area contributed by atoms with Gasteiger partial charge in [0.2, 0.25) is 5.91 Å². The second-order valence-corrected chi connectivity index (χ2v) is 2.65. The monoisotopic (exact) mass is 168 g/mol. The Hall–Kier alpha value is -1.36. The van der Waals surface area contributed by atoms with Gasteiger partial charge in [-0.25, -0.2) is 0 Å². The predicted octanol–water partition coefficient (Wildman–Crippen LogP) is -0.294. The van der Waals surface area contributed by atoms with E-state index >= 15 is 0 Å². The van der Waals surface area contributed by atoms with Crippen LogP contribution in [0.3, 0.4) is 0 Å². The number of carbonyl (C=O) groups excluding carboxylic acids is 1. The molecule has 0 bridgehead atoms. The van der Waals surface area contributed by atoms with Crippen molar-refractivity contribution in [1.82, 2.24) is 9.78 Å². The van der Waals surface area contributed by atoms with Gasteiger partial charge < -0.3 is 11.1 Å². The number of amides is 1. The van der Waals surface area contributed by atoms with Gasteiger partial charge >= 0.3 is 0 Å². The van der Waals surface area contributed by atoms with Crippen LogP contribution in [0.25, 0.3) is 0 Å². The van der Waals surface area contributed by atoms with Crippen LogP contribution in [0.15, 0.2) is 12.3 Å². The summed E-state index contributed by atoms with van der Waals surface area (Å²) >= 11 is 0. The van der Waals surface area contributed by atoms with Crippen LogP contribution in [0, 0.1) is 0 Å². The zero-order chi connectivity index (χ0) is 9.14.